The molecule has 0 aliphatic heterocycles. The highest BCUT2D eigenvalue weighted by atomic mass is 19.1. The van der Waals surface area contributed by atoms with Crippen molar-refractivity contribution >= 4 is 28.2 Å². The second-order valence-electron chi connectivity index (χ2n) is 9.53. The first-order valence-electron chi connectivity index (χ1n) is 12.3. The topological polar surface area (TPSA) is 148 Å². The molecule has 0 amide bonds. The molecule has 1 aliphatic carbocycles. The molecule has 3 aromatic heterocycles. The van der Waals surface area contributed by atoms with Crippen LogP contribution in [0.5, 0.6) is 0 Å². The Hall–Kier alpha value is -5.08. The average Bonchev–Trinajstić information content (AvgIpc) is 3.71. The average molecular weight is 523 g/mol. The van der Waals surface area contributed by atoms with E-state index in [-0.39, 0.29) is 17.2 Å². The molecule has 0 atom stereocenters. The van der Waals surface area contributed by atoms with E-state index in [1.165, 1.54) is 12.3 Å². The van der Waals surface area contributed by atoms with Crippen molar-refractivity contribution in [1.29, 1.82) is 5.26 Å². The summed E-state index contributed by atoms with van der Waals surface area (Å²) < 4.78 is 17.8. The van der Waals surface area contributed by atoms with E-state index in [1.54, 1.807) is 48.1 Å². The molecular formula is C28H23FN8O2. The van der Waals surface area contributed by atoms with Crippen molar-refractivity contribution in [2.24, 2.45) is 7.05 Å². The van der Waals surface area contributed by atoms with Crippen molar-refractivity contribution in [3.8, 4) is 23.0 Å². The summed E-state index contributed by atoms with van der Waals surface area (Å²) in [5.41, 5.74) is 8.91. The molecule has 6 rings (SSSR count). The maximum atomic E-state index is 15.1. The molecule has 1 fully saturated rings. The Morgan fingerprint density at radius 2 is 2.05 bits per heavy atom. The molecule has 0 radical (unpaired) electrons. The van der Waals surface area contributed by atoms with E-state index >= 15 is 4.39 Å². The first-order chi connectivity index (χ1) is 18.9. The molecule has 0 bridgehead atoms. The third-order valence-corrected chi connectivity index (χ3v) is 6.85. The van der Waals surface area contributed by atoms with Crippen molar-refractivity contribution in [2.45, 2.75) is 25.4 Å². The molecule has 0 spiro atoms. The van der Waals surface area contributed by atoms with Gasteiger partial charge >= 0.3 is 0 Å². The lowest BCUT2D eigenvalue weighted by atomic mass is 10.0. The maximum Gasteiger partial charge on any atom is 0.282 e. The third kappa shape index (κ3) is 4.36. The van der Waals surface area contributed by atoms with E-state index in [2.05, 4.69) is 26.5 Å². The van der Waals surface area contributed by atoms with E-state index in [1.807, 2.05) is 6.07 Å². The molecule has 4 N–H and O–H groups in total. The SMILES string of the molecule is Cn1cc(Nc2nc(N)cc(-c3cccc(-n4ncc5cc(C6CC6)cc(F)c5c4=O)c3CO)n2)cc1C#N. The fourth-order valence-electron chi connectivity index (χ4n) is 4.79. The van der Waals surface area contributed by atoms with E-state index < -0.39 is 18.0 Å². The highest BCUT2D eigenvalue weighted by Crippen LogP contribution is 2.41. The van der Waals surface area contributed by atoms with Gasteiger partial charge in [-0.3, -0.25) is 4.79 Å². The molecule has 1 saturated carbocycles. The zero-order valence-corrected chi connectivity index (χ0v) is 20.9. The Morgan fingerprint density at radius 1 is 1.23 bits per heavy atom. The number of aryl methyl sites for hydroxylation is 1. The molecule has 0 unspecified atom stereocenters. The summed E-state index contributed by atoms with van der Waals surface area (Å²) in [5, 5.41) is 27.3. The van der Waals surface area contributed by atoms with Gasteiger partial charge in [0.05, 0.1) is 35.3 Å². The highest BCUT2D eigenvalue weighted by Gasteiger charge is 2.25. The monoisotopic (exact) mass is 522 g/mol. The summed E-state index contributed by atoms with van der Waals surface area (Å²) in [7, 11) is 1.75. The van der Waals surface area contributed by atoms with Crippen molar-refractivity contribution in [1.82, 2.24) is 24.3 Å². The largest absolute Gasteiger partial charge is 0.392 e. The van der Waals surface area contributed by atoms with Gasteiger partial charge in [-0.15, -0.1) is 0 Å². The van der Waals surface area contributed by atoms with E-state index in [0.29, 0.717) is 45.2 Å². The van der Waals surface area contributed by atoms with E-state index in [9.17, 15) is 15.2 Å². The number of aromatic nitrogens is 5. The second kappa shape index (κ2) is 9.34. The van der Waals surface area contributed by atoms with Crippen LogP contribution in [0.25, 0.3) is 27.7 Å². The van der Waals surface area contributed by atoms with Crippen LogP contribution >= 0.6 is 0 Å². The number of nitrogen functional groups attached to an aromatic ring is 1. The molecule has 39 heavy (non-hydrogen) atoms. The van der Waals surface area contributed by atoms with E-state index in [4.69, 9.17) is 5.73 Å². The number of anilines is 3. The minimum atomic E-state index is -0.624. The zero-order chi connectivity index (χ0) is 27.3. The number of aliphatic hydroxyl groups is 1. The lowest BCUT2D eigenvalue weighted by Crippen LogP contribution is -2.23. The summed E-state index contributed by atoms with van der Waals surface area (Å²) in [5.74, 6) is 0.0997. The highest BCUT2D eigenvalue weighted by molar-refractivity contribution is 5.83. The number of nitrogens with zero attached hydrogens (tertiary/aromatic N) is 6. The fraction of sp³-hybridized carbons (Fsp3) is 0.179. The number of halogens is 1. The number of nitrogens with two attached hydrogens (primary N) is 1. The number of nitrogens with one attached hydrogen (secondary N) is 1. The molecule has 2 aromatic carbocycles. The number of nitriles is 1. The lowest BCUT2D eigenvalue weighted by Gasteiger charge is -2.15. The van der Waals surface area contributed by atoms with Gasteiger partial charge in [0.2, 0.25) is 5.95 Å². The standard InChI is InChI=1S/C28H23FN8O2/c1-36-13-18(9-19(36)11-30)33-28-34-23(10-25(31)35-28)20-3-2-4-24(21(20)14-38)37-27(39)26-17(12-32-37)7-16(8-22(26)29)15-5-6-15/h2-4,7-10,12-13,15,38H,5-6,14H2,1H3,(H3,31,33,34,35). The number of hydrogen-bond acceptors (Lipinski definition) is 8. The van der Waals surface area contributed by atoms with Gasteiger partial charge in [0.25, 0.3) is 5.56 Å². The fourth-order valence-corrected chi connectivity index (χ4v) is 4.79. The minimum Gasteiger partial charge on any atom is -0.392 e. The van der Waals surface area contributed by atoms with Crippen LogP contribution in [0, 0.1) is 17.1 Å². The van der Waals surface area contributed by atoms with Crippen LogP contribution in [0.4, 0.5) is 21.8 Å². The maximum absolute atomic E-state index is 15.1. The molecule has 194 valence electrons. The summed E-state index contributed by atoms with van der Waals surface area (Å²) in [6.45, 7) is -0.447. The Morgan fingerprint density at radius 3 is 2.77 bits per heavy atom. The van der Waals surface area contributed by atoms with Gasteiger partial charge in [-0.1, -0.05) is 12.1 Å². The van der Waals surface area contributed by atoms with E-state index in [0.717, 1.165) is 23.1 Å². The third-order valence-electron chi connectivity index (χ3n) is 6.85. The molecule has 0 saturated heterocycles. The second-order valence-corrected chi connectivity index (χ2v) is 9.53. The van der Waals surface area contributed by atoms with Crippen LogP contribution in [0.3, 0.4) is 0 Å². The van der Waals surface area contributed by atoms with Gasteiger partial charge < -0.3 is 20.7 Å². The molecule has 10 nitrogen and oxygen atoms in total. The molecule has 3 heterocycles. The first kappa shape index (κ1) is 24.3. The van der Waals surface area contributed by atoms with Crippen LogP contribution in [0.15, 0.2) is 59.7 Å². The Labute approximate surface area is 221 Å². The van der Waals surface area contributed by atoms with Gasteiger partial charge in [0.1, 0.15) is 23.4 Å². The number of rotatable bonds is 6. The number of hydrogen-bond donors (Lipinski definition) is 3. The Bertz CT molecular complexity index is 1870. The van der Waals surface area contributed by atoms with Gasteiger partial charge in [0.15, 0.2) is 0 Å². The summed E-state index contributed by atoms with van der Waals surface area (Å²) in [6.07, 6.45) is 5.22. The quantitative estimate of drug-likeness (QED) is 0.304. The van der Waals surface area contributed by atoms with Crippen LogP contribution < -0.4 is 16.6 Å². The van der Waals surface area contributed by atoms with Gasteiger partial charge in [0, 0.05) is 35.8 Å². The van der Waals surface area contributed by atoms with Gasteiger partial charge in [-0.05, 0) is 48.6 Å². The van der Waals surface area contributed by atoms with Crippen molar-refractivity contribution in [3.05, 3.63) is 87.9 Å². The smallest absolute Gasteiger partial charge is 0.282 e. The van der Waals surface area contributed by atoms with Crippen molar-refractivity contribution in [2.75, 3.05) is 11.1 Å². The molecule has 5 aromatic rings. The number of benzene rings is 2. The zero-order valence-electron chi connectivity index (χ0n) is 20.9. The molecule has 11 heteroatoms. The number of aliphatic hydroxyl groups excluding tert-OH is 1. The Kier molecular flexibility index (Phi) is 5.81. The summed E-state index contributed by atoms with van der Waals surface area (Å²) in [6, 6.07) is 13.6. The van der Waals surface area contributed by atoms with Crippen molar-refractivity contribution in [3.63, 3.8) is 0 Å². The normalized spacial score (nSPS) is 13.0. The summed E-state index contributed by atoms with van der Waals surface area (Å²) >= 11 is 0. The van der Waals surface area contributed by atoms with Crippen LogP contribution in [-0.2, 0) is 13.7 Å². The molecular weight excluding hydrogens is 499 g/mol. The minimum absolute atomic E-state index is 0.0546. The number of fused-ring (bicyclic) bond motifs is 1. The van der Waals surface area contributed by atoms with Gasteiger partial charge in [-0.2, -0.15) is 20.0 Å². The lowest BCUT2D eigenvalue weighted by molar-refractivity contribution is 0.281. The first-order valence-corrected chi connectivity index (χ1v) is 12.3. The van der Waals surface area contributed by atoms with Crippen LogP contribution in [-0.4, -0.2) is 29.4 Å². The molecule has 1 aliphatic rings. The summed E-state index contributed by atoms with van der Waals surface area (Å²) in [4.78, 5) is 22.2. The van der Waals surface area contributed by atoms with Gasteiger partial charge in [-0.25, -0.2) is 9.37 Å². The Balaban J connectivity index is 1.44. The predicted molar refractivity (Wildman–Crippen MR) is 144 cm³/mol. The van der Waals surface area contributed by atoms with Crippen LogP contribution in [0.2, 0.25) is 0 Å². The predicted octanol–water partition coefficient (Wildman–Crippen LogP) is 3.89. The van der Waals surface area contributed by atoms with Crippen LogP contribution in [0.1, 0.15) is 35.6 Å². The van der Waals surface area contributed by atoms with Crippen molar-refractivity contribution < 1.29 is 9.50 Å².